The van der Waals surface area contributed by atoms with Gasteiger partial charge in [-0.25, -0.2) is 13.4 Å². The Kier molecular flexibility index (Phi) is 3.71. The van der Waals surface area contributed by atoms with Crippen molar-refractivity contribution in [3.63, 3.8) is 0 Å². The average molecular weight is 332 g/mol. The van der Waals surface area contributed by atoms with Gasteiger partial charge in [-0.2, -0.15) is 4.31 Å². The summed E-state index contributed by atoms with van der Waals surface area (Å²) in [5, 5.41) is 0.183. The molecule has 1 aromatic carbocycles. The van der Waals surface area contributed by atoms with E-state index in [-0.39, 0.29) is 5.03 Å². The van der Waals surface area contributed by atoms with Gasteiger partial charge in [0.05, 0.1) is 12.5 Å². The molecule has 0 unspecified atom stereocenters. The van der Waals surface area contributed by atoms with Crippen molar-refractivity contribution in [1.29, 1.82) is 0 Å². The van der Waals surface area contributed by atoms with Crippen LogP contribution in [0.1, 0.15) is 17.5 Å². The summed E-state index contributed by atoms with van der Waals surface area (Å²) in [6.07, 6.45) is 4.71. The molecule has 2 aromatic rings. The topological polar surface area (TPSA) is 69.3 Å². The molecule has 1 atom stereocenters. The van der Waals surface area contributed by atoms with Gasteiger partial charge in [-0.15, -0.1) is 0 Å². The largest absolute Gasteiger partial charge is 0.335 e. The van der Waals surface area contributed by atoms with E-state index in [0.29, 0.717) is 19.1 Å². The molecule has 0 radical (unpaired) electrons. The van der Waals surface area contributed by atoms with Crippen LogP contribution in [0.15, 0.2) is 41.8 Å². The smallest absolute Gasteiger partial charge is 0.260 e. The van der Waals surface area contributed by atoms with Gasteiger partial charge in [0.15, 0.2) is 5.03 Å². The Morgan fingerprint density at radius 2 is 2.00 bits per heavy atom. The maximum atomic E-state index is 12.6. The minimum atomic E-state index is -3.44. The zero-order chi connectivity index (χ0) is 15.9. The highest BCUT2D eigenvalue weighted by Crippen LogP contribution is 2.27. The second kappa shape index (κ2) is 5.74. The number of aromatic amines is 1. The number of hydrogen-bond donors (Lipinski definition) is 1. The summed E-state index contributed by atoms with van der Waals surface area (Å²) in [5.74, 6) is 0. The standard InChI is InChI=1S/C16H20N4O2S/c21-23(22,16-9-17-12-18-16)20-8-6-15(11-20)19-7-5-13-3-1-2-4-14(13)10-19/h1-4,9,12,15H,5-8,10-11H2,(H,17,18)/t15-/m1/s1. The van der Waals surface area contributed by atoms with Gasteiger partial charge in [-0.1, -0.05) is 24.3 Å². The van der Waals surface area contributed by atoms with E-state index in [1.165, 1.54) is 23.7 Å². The molecule has 0 saturated carbocycles. The normalized spacial score (nSPS) is 23.0. The third-order valence-corrected chi connectivity index (χ3v) is 6.68. The fourth-order valence-electron chi connectivity index (χ4n) is 3.58. The van der Waals surface area contributed by atoms with Crippen molar-refractivity contribution < 1.29 is 8.42 Å². The number of rotatable bonds is 3. The van der Waals surface area contributed by atoms with E-state index in [2.05, 4.69) is 39.1 Å². The summed E-state index contributed by atoms with van der Waals surface area (Å²) in [7, 11) is -3.44. The molecule has 0 bridgehead atoms. The number of aromatic nitrogens is 2. The lowest BCUT2D eigenvalue weighted by atomic mass is 9.98. The van der Waals surface area contributed by atoms with Crippen LogP contribution in [0.5, 0.6) is 0 Å². The second-order valence-electron chi connectivity index (χ2n) is 6.21. The molecule has 3 heterocycles. The van der Waals surface area contributed by atoms with E-state index in [1.54, 1.807) is 4.31 Å². The summed E-state index contributed by atoms with van der Waals surface area (Å²) >= 11 is 0. The third kappa shape index (κ3) is 2.69. The summed E-state index contributed by atoms with van der Waals surface area (Å²) < 4.78 is 26.7. The Labute approximate surface area is 136 Å². The number of nitrogens with one attached hydrogen (secondary N) is 1. The van der Waals surface area contributed by atoms with Crippen molar-refractivity contribution in [3.8, 4) is 0 Å². The van der Waals surface area contributed by atoms with Crippen LogP contribution in [-0.4, -0.2) is 53.3 Å². The van der Waals surface area contributed by atoms with Gasteiger partial charge in [0.25, 0.3) is 10.0 Å². The molecular formula is C16H20N4O2S. The number of sulfonamides is 1. The highest BCUT2D eigenvalue weighted by molar-refractivity contribution is 7.89. The quantitative estimate of drug-likeness (QED) is 0.918. The number of imidazole rings is 1. The molecule has 1 aromatic heterocycles. The first kappa shape index (κ1) is 14.9. The van der Waals surface area contributed by atoms with E-state index in [0.717, 1.165) is 25.9 Å². The van der Waals surface area contributed by atoms with Gasteiger partial charge in [-0.05, 0) is 24.0 Å². The molecule has 0 aliphatic carbocycles. The first-order valence-corrected chi connectivity index (χ1v) is 9.38. The van der Waals surface area contributed by atoms with Crippen LogP contribution < -0.4 is 0 Å². The number of fused-ring (bicyclic) bond motifs is 1. The van der Waals surface area contributed by atoms with Crippen LogP contribution in [0, 0.1) is 0 Å². The molecular weight excluding hydrogens is 312 g/mol. The molecule has 0 amide bonds. The zero-order valence-corrected chi connectivity index (χ0v) is 13.7. The monoisotopic (exact) mass is 332 g/mol. The SMILES string of the molecule is O=S(=O)(c1cnc[nH]1)N1CC[C@@H](N2CCc3ccccc3C2)C1. The van der Waals surface area contributed by atoms with Crippen molar-refractivity contribution in [3.05, 3.63) is 47.9 Å². The van der Waals surface area contributed by atoms with E-state index in [4.69, 9.17) is 0 Å². The van der Waals surface area contributed by atoms with Gasteiger partial charge in [0, 0.05) is 32.2 Å². The molecule has 0 spiro atoms. The summed E-state index contributed by atoms with van der Waals surface area (Å²) in [6, 6.07) is 8.82. The fourth-order valence-corrected chi connectivity index (χ4v) is 4.97. The molecule has 1 N–H and O–H groups in total. The van der Waals surface area contributed by atoms with Crippen LogP contribution in [0.2, 0.25) is 0 Å². The average Bonchev–Trinajstić information content (AvgIpc) is 3.26. The maximum Gasteiger partial charge on any atom is 0.260 e. The third-order valence-electron chi connectivity index (χ3n) is 4.89. The minimum Gasteiger partial charge on any atom is -0.335 e. The molecule has 1 saturated heterocycles. The van der Waals surface area contributed by atoms with E-state index >= 15 is 0 Å². The van der Waals surface area contributed by atoms with Gasteiger partial charge >= 0.3 is 0 Å². The molecule has 1 fully saturated rings. The van der Waals surface area contributed by atoms with Crippen LogP contribution >= 0.6 is 0 Å². The molecule has 2 aliphatic heterocycles. The highest BCUT2D eigenvalue weighted by Gasteiger charge is 2.36. The lowest BCUT2D eigenvalue weighted by Crippen LogP contribution is -2.41. The van der Waals surface area contributed by atoms with Crippen molar-refractivity contribution in [2.45, 2.75) is 30.5 Å². The number of nitrogens with zero attached hydrogens (tertiary/aromatic N) is 3. The first-order valence-electron chi connectivity index (χ1n) is 7.94. The minimum absolute atomic E-state index is 0.183. The fraction of sp³-hybridized carbons (Fsp3) is 0.438. The highest BCUT2D eigenvalue weighted by atomic mass is 32.2. The molecule has 23 heavy (non-hydrogen) atoms. The van der Waals surface area contributed by atoms with E-state index < -0.39 is 10.0 Å². The van der Waals surface area contributed by atoms with Gasteiger partial charge in [-0.3, -0.25) is 4.90 Å². The first-order chi connectivity index (χ1) is 11.1. The molecule has 7 heteroatoms. The maximum absolute atomic E-state index is 12.6. The Bertz CT molecular complexity index is 788. The van der Waals surface area contributed by atoms with Crippen molar-refractivity contribution in [1.82, 2.24) is 19.2 Å². The van der Waals surface area contributed by atoms with Gasteiger partial charge in [0.1, 0.15) is 0 Å². The van der Waals surface area contributed by atoms with Gasteiger partial charge in [0.2, 0.25) is 0 Å². The Morgan fingerprint density at radius 3 is 2.78 bits per heavy atom. The molecule has 122 valence electrons. The Morgan fingerprint density at radius 1 is 1.17 bits per heavy atom. The molecule has 6 nitrogen and oxygen atoms in total. The number of hydrogen-bond acceptors (Lipinski definition) is 4. The second-order valence-corrected chi connectivity index (χ2v) is 8.12. The van der Waals surface area contributed by atoms with Crippen molar-refractivity contribution >= 4 is 10.0 Å². The summed E-state index contributed by atoms with van der Waals surface area (Å²) in [6.45, 7) is 3.05. The van der Waals surface area contributed by atoms with Gasteiger partial charge < -0.3 is 4.98 Å². The molecule has 2 aliphatic rings. The van der Waals surface area contributed by atoms with Crippen LogP contribution in [-0.2, 0) is 23.0 Å². The van der Waals surface area contributed by atoms with E-state index in [1.807, 2.05) is 0 Å². The summed E-state index contributed by atoms with van der Waals surface area (Å²) in [4.78, 5) is 8.95. The molecule has 4 rings (SSSR count). The van der Waals surface area contributed by atoms with Crippen LogP contribution in [0.25, 0.3) is 0 Å². The van der Waals surface area contributed by atoms with Crippen molar-refractivity contribution in [2.24, 2.45) is 0 Å². The number of H-pyrrole nitrogens is 1. The van der Waals surface area contributed by atoms with Crippen LogP contribution in [0.3, 0.4) is 0 Å². The van der Waals surface area contributed by atoms with E-state index in [9.17, 15) is 8.42 Å². The predicted molar refractivity (Wildman–Crippen MR) is 86.3 cm³/mol. The zero-order valence-electron chi connectivity index (χ0n) is 12.9. The van der Waals surface area contributed by atoms with Crippen LogP contribution in [0.4, 0.5) is 0 Å². The Balaban J connectivity index is 1.47. The predicted octanol–water partition coefficient (Wildman–Crippen LogP) is 1.23. The summed E-state index contributed by atoms with van der Waals surface area (Å²) in [5.41, 5.74) is 2.79. The number of benzene rings is 1. The lowest BCUT2D eigenvalue weighted by molar-refractivity contribution is 0.185. The Hall–Kier alpha value is -1.70. The lowest BCUT2D eigenvalue weighted by Gasteiger charge is -2.33. The van der Waals surface area contributed by atoms with Crippen molar-refractivity contribution in [2.75, 3.05) is 19.6 Å².